The van der Waals surface area contributed by atoms with Crippen molar-refractivity contribution in [3.8, 4) is 6.07 Å². The zero-order chi connectivity index (χ0) is 16.6. The maximum absolute atomic E-state index is 9.70. The average molecular weight is 307 g/mol. The molecule has 118 valence electrons. The summed E-state index contributed by atoms with van der Waals surface area (Å²) in [4.78, 5) is 3.42. The van der Waals surface area contributed by atoms with Crippen LogP contribution in [-0.2, 0) is 0 Å². The highest BCUT2D eigenvalue weighted by molar-refractivity contribution is 5.77. The van der Waals surface area contributed by atoms with E-state index in [2.05, 4.69) is 60.6 Å². The van der Waals surface area contributed by atoms with E-state index < -0.39 is 0 Å². The molecule has 1 aromatic carbocycles. The first kappa shape index (κ1) is 15.4. The highest BCUT2D eigenvalue weighted by atomic mass is 15.1. The second-order valence-electron chi connectivity index (χ2n) is 6.73. The second-order valence-corrected chi connectivity index (χ2v) is 6.73. The molecule has 0 saturated heterocycles. The minimum absolute atomic E-state index is 0.292. The van der Waals surface area contributed by atoms with Crippen LogP contribution in [0.1, 0.15) is 44.7 Å². The molecular weight excluding hydrogens is 284 g/mol. The molecule has 0 radical (unpaired) electrons. The maximum Gasteiger partial charge on any atom is 0.250 e. The monoisotopic (exact) mass is 307 g/mol. The summed E-state index contributed by atoms with van der Waals surface area (Å²) in [7, 11) is 0. The summed E-state index contributed by atoms with van der Waals surface area (Å²) in [6, 6.07) is 12.7. The van der Waals surface area contributed by atoms with E-state index in [4.69, 9.17) is 0 Å². The van der Waals surface area contributed by atoms with Gasteiger partial charge in [-0.1, -0.05) is 39.8 Å². The molecular formula is C19H23N4+. The molecule has 3 aromatic rings. The van der Waals surface area contributed by atoms with Crippen molar-refractivity contribution >= 4 is 22.5 Å². The van der Waals surface area contributed by atoms with E-state index in [0.717, 1.165) is 40.2 Å². The van der Waals surface area contributed by atoms with Crippen molar-refractivity contribution in [2.24, 2.45) is 5.92 Å². The van der Waals surface area contributed by atoms with Gasteiger partial charge in [0.2, 0.25) is 11.5 Å². The molecule has 0 spiro atoms. The molecule has 4 nitrogen and oxygen atoms in total. The Labute approximate surface area is 136 Å². The first-order chi connectivity index (χ1) is 11.0. The number of aromatic amines is 1. The summed E-state index contributed by atoms with van der Waals surface area (Å²) >= 11 is 0. The molecule has 2 heterocycles. The van der Waals surface area contributed by atoms with Gasteiger partial charge in [0, 0.05) is 6.07 Å². The fourth-order valence-corrected chi connectivity index (χ4v) is 2.94. The first-order valence-electron chi connectivity index (χ1n) is 8.16. The van der Waals surface area contributed by atoms with Crippen LogP contribution in [0.2, 0.25) is 0 Å². The number of pyridine rings is 1. The Morgan fingerprint density at radius 2 is 1.96 bits per heavy atom. The standard InChI is InChI=1S/C19H22N4/c1-12(2)11-21-18-9-14(13(3)4)15(10-20)19-22-16-7-5-6-8-17(16)23(18)19/h5-9,12-13H,11H2,1-4H3,(H,21,22)/p+1. The normalized spacial score (nSPS) is 11.5. The van der Waals surface area contributed by atoms with Crippen molar-refractivity contribution in [1.82, 2.24) is 4.98 Å². The third kappa shape index (κ3) is 2.63. The van der Waals surface area contributed by atoms with Gasteiger partial charge in [0.25, 0.3) is 0 Å². The molecule has 0 atom stereocenters. The van der Waals surface area contributed by atoms with Crippen LogP contribution in [0, 0.1) is 17.2 Å². The van der Waals surface area contributed by atoms with Crippen LogP contribution in [0.4, 0.5) is 5.82 Å². The molecule has 0 bridgehead atoms. The molecule has 2 aromatic heterocycles. The fraction of sp³-hybridized carbons (Fsp3) is 0.368. The number of imidazole rings is 1. The van der Waals surface area contributed by atoms with Crippen molar-refractivity contribution in [2.75, 3.05) is 11.9 Å². The molecule has 2 N–H and O–H groups in total. The molecule has 0 aliphatic carbocycles. The lowest BCUT2D eigenvalue weighted by Gasteiger charge is -2.12. The lowest BCUT2D eigenvalue weighted by Crippen LogP contribution is -2.29. The van der Waals surface area contributed by atoms with Gasteiger partial charge in [-0.05, 0) is 29.5 Å². The van der Waals surface area contributed by atoms with Gasteiger partial charge in [-0.3, -0.25) is 4.98 Å². The van der Waals surface area contributed by atoms with Gasteiger partial charge in [-0.25, -0.2) is 0 Å². The van der Waals surface area contributed by atoms with Gasteiger partial charge in [0.1, 0.15) is 22.7 Å². The number of anilines is 1. The maximum atomic E-state index is 9.70. The van der Waals surface area contributed by atoms with Crippen LogP contribution in [0.3, 0.4) is 0 Å². The molecule has 0 fully saturated rings. The Morgan fingerprint density at radius 3 is 2.61 bits per heavy atom. The largest absolute Gasteiger partial charge is 0.305 e. The Bertz CT molecular complexity index is 897. The molecule has 0 amide bonds. The highest BCUT2D eigenvalue weighted by Crippen LogP contribution is 2.25. The summed E-state index contributed by atoms with van der Waals surface area (Å²) in [5.41, 5.74) is 4.79. The second kappa shape index (κ2) is 5.92. The number of aromatic nitrogens is 2. The predicted octanol–water partition coefficient (Wildman–Crippen LogP) is 3.97. The van der Waals surface area contributed by atoms with E-state index in [1.165, 1.54) is 0 Å². The molecule has 23 heavy (non-hydrogen) atoms. The average Bonchev–Trinajstić information content (AvgIpc) is 2.91. The smallest absolute Gasteiger partial charge is 0.250 e. The number of para-hydroxylation sites is 2. The third-order valence-corrected chi connectivity index (χ3v) is 4.11. The lowest BCUT2D eigenvalue weighted by molar-refractivity contribution is -0.465. The molecule has 4 heteroatoms. The van der Waals surface area contributed by atoms with Gasteiger partial charge < -0.3 is 5.32 Å². The number of nitrogens with zero attached hydrogens (tertiary/aromatic N) is 2. The van der Waals surface area contributed by atoms with Crippen LogP contribution in [0.15, 0.2) is 30.3 Å². The van der Waals surface area contributed by atoms with E-state index in [1.54, 1.807) is 0 Å². The van der Waals surface area contributed by atoms with Gasteiger partial charge in [-0.15, -0.1) is 0 Å². The van der Waals surface area contributed by atoms with Crippen molar-refractivity contribution < 1.29 is 4.40 Å². The van der Waals surface area contributed by atoms with Gasteiger partial charge in [0.15, 0.2) is 0 Å². The van der Waals surface area contributed by atoms with Crippen LogP contribution in [0.25, 0.3) is 16.7 Å². The molecule has 0 aliphatic rings. The van der Waals surface area contributed by atoms with Crippen LogP contribution in [0.5, 0.6) is 0 Å². The number of nitrogens with one attached hydrogen (secondary N) is 2. The van der Waals surface area contributed by atoms with Crippen LogP contribution >= 0.6 is 0 Å². The van der Waals surface area contributed by atoms with E-state index in [-0.39, 0.29) is 0 Å². The summed E-state index contributed by atoms with van der Waals surface area (Å²) in [6.45, 7) is 9.53. The fourth-order valence-electron chi connectivity index (χ4n) is 2.94. The molecule has 0 saturated carbocycles. The van der Waals surface area contributed by atoms with Crippen molar-refractivity contribution in [1.29, 1.82) is 5.26 Å². The zero-order valence-electron chi connectivity index (χ0n) is 14.1. The number of hydrogen-bond donors (Lipinski definition) is 2. The number of rotatable bonds is 4. The van der Waals surface area contributed by atoms with Gasteiger partial charge in [0.05, 0.1) is 6.54 Å². The van der Waals surface area contributed by atoms with E-state index >= 15 is 0 Å². The Balaban J connectivity index is 2.37. The molecule has 0 unspecified atom stereocenters. The minimum atomic E-state index is 0.292. The number of fused-ring (bicyclic) bond motifs is 3. The minimum Gasteiger partial charge on any atom is -0.305 e. The lowest BCUT2D eigenvalue weighted by atomic mass is 9.99. The Morgan fingerprint density at radius 1 is 1.22 bits per heavy atom. The summed E-state index contributed by atoms with van der Waals surface area (Å²) < 4.78 is 2.13. The summed E-state index contributed by atoms with van der Waals surface area (Å²) in [5, 5.41) is 13.2. The third-order valence-electron chi connectivity index (χ3n) is 4.11. The number of H-pyrrole nitrogens is 1. The number of nitriles is 1. The molecule has 3 rings (SSSR count). The van der Waals surface area contributed by atoms with Crippen LogP contribution < -0.4 is 9.72 Å². The Kier molecular flexibility index (Phi) is 3.96. The van der Waals surface area contributed by atoms with Gasteiger partial charge >= 0.3 is 0 Å². The predicted molar refractivity (Wildman–Crippen MR) is 93.6 cm³/mol. The van der Waals surface area contributed by atoms with Crippen molar-refractivity contribution in [3.05, 3.63) is 41.5 Å². The highest BCUT2D eigenvalue weighted by Gasteiger charge is 2.22. The first-order valence-corrected chi connectivity index (χ1v) is 8.16. The summed E-state index contributed by atoms with van der Waals surface area (Å²) in [5.74, 6) is 1.88. The zero-order valence-corrected chi connectivity index (χ0v) is 14.1. The topological polar surface area (TPSA) is 55.7 Å². The van der Waals surface area contributed by atoms with E-state index in [0.29, 0.717) is 11.8 Å². The Hall–Kier alpha value is -2.54. The van der Waals surface area contributed by atoms with Gasteiger partial charge in [-0.2, -0.15) is 9.66 Å². The van der Waals surface area contributed by atoms with E-state index in [1.807, 2.05) is 18.2 Å². The quantitative estimate of drug-likeness (QED) is 0.717. The summed E-state index contributed by atoms with van der Waals surface area (Å²) in [6.07, 6.45) is 0. The van der Waals surface area contributed by atoms with Crippen molar-refractivity contribution in [2.45, 2.75) is 33.6 Å². The van der Waals surface area contributed by atoms with Crippen LogP contribution in [-0.4, -0.2) is 11.5 Å². The van der Waals surface area contributed by atoms with E-state index in [9.17, 15) is 5.26 Å². The van der Waals surface area contributed by atoms with Crippen molar-refractivity contribution in [3.63, 3.8) is 0 Å². The number of benzene rings is 1. The SMILES string of the molecule is CC(C)CNc1cc(C(C)C)c(C#N)c2[nH]c3ccccc3[n+]12. The number of hydrogen-bond acceptors (Lipinski definition) is 2. The molecule has 0 aliphatic heterocycles.